The van der Waals surface area contributed by atoms with Crippen LogP contribution in [0.5, 0.6) is 11.5 Å². The van der Waals surface area contributed by atoms with Crippen LogP contribution in [-0.4, -0.2) is 48.6 Å². The zero-order valence-electron chi connectivity index (χ0n) is 17.8. The van der Waals surface area contributed by atoms with Crippen LogP contribution in [0.15, 0.2) is 17.1 Å². The summed E-state index contributed by atoms with van der Waals surface area (Å²) in [4.78, 5) is 4.34. The second-order valence-electron chi connectivity index (χ2n) is 7.37. The molecule has 3 rings (SSSR count). The Kier molecular flexibility index (Phi) is 6.90. The molecule has 0 radical (unpaired) electrons. The van der Waals surface area contributed by atoms with Gasteiger partial charge in [0.2, 0.25) is 0 Å². The highest BCUT2D eigenvalue weighted by Crippen LogP contribution is 2.38. The lowest BCUT2D eigenvalue weighted by Crippen LogP contribution is -2.43. The molecule has 8 heteroatoms. The number of benzene rings is 1. The van der Waals surface area contributed by atoms with E-state index in [0.717, 1.165) is 42.4 Å². The van der Waals surface area contributed by atoms with Crippen LogP contribution in [0.25, 0.3) is 0 Å². The van der Waals surface area contributed by atoms with Crippen LogP contribution in [0, 0.1) is 13.8 Å². The number of hydrogen-bond acceptors (Lipinski definition) is 4. The van der Waals surface area contributed by atoms with Crippen molar-refractivity contribution in [2.75, 3.05) is 26.8 Å². The third-order valence-electron chi connectivity index (χ3n) is 5.14. The first-order chi connectivity index (χ1) is 13.9. The fourth-order valence-electron chi connectivity index (χ4n) is 3.53. The fourth-order valence-corrected chi connectivity index (χ4v) is 3.82. The second kappa shape index (κ2) is 9.39. The molecule has 0 amide bonds. The van der Waals surface area contributed by atoms with Crippen molar-refractivity contribution in [1.82, 2.24) is 20.4 Å². The lowest BCUT2D eigenvalue weighted by atomic mass is 10.1. The van der Waals surface area contributed by atoms with Crippen molar-refractivity contribution in [3.8, 4) is 11.5 Å². The Morgan fingerprint density at radius 3 is 2.76 bits per heavy atom. The van der Waals surface area contributed by atoms with Gasteiger partial charge in [-0.05, 0) is 56.9 Å². The minimum Gasteiger partial charge on any atom is -0.486 e. The number of hydrogen-bond donors (Lipinski definition) is 2. The minimum atomic E-state index is 0.228. The van der Waals surface area contributed by atoms with Crippen molar-refractivity contribution >= 4 is 17.6 Å². The lowest BCUT2D eigenvalue weighted by molar-refractivity contribution is 0.171. The van der Waals surface area contributed by atoms with Crippen LogP contribution in [0.2, 0.25) is 5.02 Å². The molecule has 29 heavy (non-hydrogen) atoms. The smallest absolute Gasteiger partial charge is 0.191 e. The summed E-state index contributed by atoms with van der Waals surface area (Å²) in [5, 5.41) is 11.9. The first-order valence-corrected chi connectivity index (χ1v) is 10.3. The van der Waals surface area contributed by atoms with E-state index < -0.39 is 0 Å². The van der Waals surface area contributed by atoms with Crippen LogP contribution in [0.3, 0.4) is 0 Å². The van der Waals surface area contributed by atoms with E-state index in [1.165, 1.54) is 11.3 Å². The highest BCUT2D eigenvalue weighted by atomic mass is 35.5. The highest BCUT2D eigenvalue weighted by molar-refractivity contribution is 6.32. The average Bonchev–Trinajstić information content (AvgIpc) is 2.93. The standard InChI is InChI=1S/C21H30ClN5O2/c1-13(10-17-14(2)26-27(5)15(17)3)25-21(23-4)24-7-6-16-11-18(22)20-19(12-16)28-8-9-29-20/h11-13H,6-10H2,1-5H3,(H2,23,24,25). The predicted octanol–water partition coefficient (Wildman–Crippen LogP) is 2.80. The Balaban J connectivity index is 1.52. The number of rotatable bonds is 6. The minimum absolute atomic E-state index is 0.228. The van der Waals surface area contributed by atoms with E-state index in [9.17, 15) is 0 Å². The summed E-state index contributed by atoms with van der Waals surface area (Å²) in [6, 6.07) is 4.16. The van der Waals surface area contributed by atoms with Gasteiger partial charge in [0.1, 0.15) is 13.2 Å². The number of nitrogens with one attached hydrogen (secondary N) is 2. The van der Waals surface area contributed by atoms with Crippen LogP contribution in [0.4, 0.5) is 0 Å². The number of ether oxygens (including phenoxy) is 2. The third-order valence-corrected chi connectivity index (χ3v) is 5.42. The Morgan fingerprint density at radius 2 is 2.07 bits per heavy atom. The summed E-state index contributed by atoms with van der Waals surface area (Å²) < 4.78 is 13.2. The van der Waals surface area contributed by atoms with Gasteiger partial charge in [0.15, 0.2) is 17.5 Å². The molecule has 0 aliphatic carbocycles. The van der Waals surface area contributed by atoms with Gasteiger partial charge in [-0.2, -0.15) is 5.10 Å². The Labute approximate surface area is 177 Å². The summed E-state index contributed by atoms with van der Waals surface area (Å²) in [6.45, 7) is 8.13. The van der Waals surface area contributed by atoms with E-state index in [-0.39, 0.29) is 6.04 Å². The first-order valence-electron chi connectivity index (χ1n) is 9.93. The van der Waals surface area contributed by atoms with Crippen LogP contribution in [0.1, 0.15) is 29.4 Å². The number of guanidine groups is 1. The Morgan fingerprint density at radius 1 is 1.31 bits per heavy atom. The number of aliphatic imine (C=N–C) groups is 1. The van der Waals surface area contributed by atoms with Gasteiger partial charge in [-0.1, -0.05) is 11.6 Å². The van der Waals surface area contributed by atoms with Gasteiger partial charge < -0.3 is 20.1 Å². The molecule has 7 nitrogen and oxygen atoms in total. The molecule has 0 saturated carbocycles. The number of aromatic nitrogens is 2. The van der Waals surface area contributed by atoms with E-state index in [1.54, 1.807) is 7.05 Å². The number of nitrogens with zero attached hydrogens (tertiary/aromatic N) is 3. The van der Waals surface area contributed by atoms with E-state index in [2.05, 4.69) is 41.5 Å². The topological polar surface area (TPSA) is 72.7 Å². The molecular formula is C21H30ClN5O2. The molecule has 1 aromatic carbocycles. The largest absolute Gasteiger partial charge is 0.486 e. The van der Waals surface area contributed by atoms with Gasteiger partial charge in [0, 0.05) is 32.4 Å². The van der Waals surface area contributed by atoms with E-state index in [0.29, 0.717) is 24.0 Å². The molecule has 2 heterocycles. The Bertz CT molecular complexity index is 894. The number of halogens is 1. The molecule has 1 aliphatic heterocycles. The molecule has 158 valence electrons. The van der Waals surface area contributed by atoms with Crippen molar-refractivity contribution in [1.29, 1.82) is 0 Å². The Hall–Kier alpha value is -2.41. The van der Waals surface area contributed by atoms with Crippen LogP contribution in [-0.2, 0) is 19.9 Å². The zero-order valence-corrected chi connectivity index (χ0v) is 18.6. The van der Waals surface area contributed by atoms with Gasteiger partial charge in [-0.15, -0.1) is 0 Å². The summed E-state index contributed by atoms with van der Waals surface area (Å²) in [5.41, 5.74) is 4.66. The van der Waals surface area contributed by atoms with Gasteiger partial charge >= 0.3 is 0 Å². The molecule has 0 spiro atoms. The predicted molar refractivity (Wildman–Crippen MR) is 116 cm³/mol. The number of fused-ring (bicyclic) bond motifs is 1. The van der Waals surface area contributed by atoms with Crippen molar-refractivity contribution in [3.63, 3.8) is 0 Å². The van der Waals surface area contributed by atoms with Crippen LogP contribution >= 0.6 is 11.6 Å². The van der Waals surface area contributed by atoms with Gasteiger partial charge in [-0.3, -0.25) is 9.67 Å². The van der Waals surface area contributed by atoms with Gasteiger partial charge in [-0.25, -0.2) is 0 Å². The molecule has 2 N–H and O–H groups in total. The van der Waals surface area contributed by atoms with Crippen molar-refractivity contribution in [2.24, 2.45) is 12.0 Å². The fraction of sp³-hybridized carbons (Fsp3) is 0.524. The molecule has 2 aromatic rings. The van der Waals surface area contributed by atoms with E-state index in [4.69, 9.17) is 21.1 Å². The van der Waals surface area contributed by atoms with Crippen LogP contribution < -0.4 is 20.1 Å². The SMILES string of the molecule is CN=C(NCCc1cc(Cl)c2c(c1)OCCO2)NC(C)Cc1c(C)nn(C)c1C. The summed E-state index contributed by atoms with van der Waals surface area (Å²) >= 11 is 6.32. The highest BCUT2D eigenvalue weighted by Gasteiger charge is 2.17. The molecule has 0 saturated heterocycles. The average molecular weight is 420 g/mol. The zero-order chi connectivity index (χ0) is 21.0. The summed E-state index contributed by atoms with van der Waals surface area (Å²) in [5.74, 6) is 2.14. The normalized spacial score (nSPS) is 14.6. The molecule has 1 aliphatic rings. The van der Waals surface area contributed by atoms with E-state index >= 15 is 0 Å². The van der Waals surface area contributed by atoms with Crippen molar-refractivity contribution in [2.45, 2.75) is 39.7 Å². The van der Waals surface area contributed by atoms with Gasteiger partial charge in [0.05, 0.1) is 10.7 Å². The lowest BCUT2D eigenvalue weighted by Gasteiger charge is -2.21. The van der Waals surface area contributed by atoms with Gasteiger partial charge in [0.25, 0.3) is 0 Å². The summed E-state index contributed by atoms with van der Waals surface area (Å²) in [6.07, 6.45) is 1.69. The van der Waals surface area contributed by atoms with Crippen molar-refractivity contribution in [3.05, 3.63) is 39.7 Å². The molecule has 0 fully saturated rings. The molecule has 1 unspecified atom stereocenters. The maximum atomic E-state index is 6.32. The molecule has 0 bridgehead atoms. The third kappa shape index (κ3) is 5.15. The summed E-state index contributed by atoms with van der Waals surface area (Å²) in [7, 11) is 3.76. The number of aryl methyl sites for hydroxylation is 2. The second-order valence-corrected chi connectivity index (χ2v) is 7.78. The first kappa shape index (κ1) is 21.3. The maximum Gasteiger partial charge on any atom is 0.191 e. The molecule has 1 aromatic heterocycles. The quantitative estimate of drug-likeness (QED) is 0.556. The molecular weight excluding hydrogens is 390 g/mol. The molecule has 1 atom stereocenters. The van der Waals surface area contributed by atoms with Crippen molar-refractivity contribution < 1.29 is 9.47 Å². The maximum absolute atomic E-state index is 6.32. The monoisotopic (exact) mass is 419 g/mol. The van der Waals surface area contributed by atoms with E-state index in [1.807, 2.05) is 23.9 Å².